The lowest BCUT2D eigenvalue weighted by Crippen LogP contribution is -2.46. The van der Waals surface area contributed by atoms with Crippen molar-refractivity contribution in [2.24, 2.45) is 0 Å². The van der Waals surface area contributed by atoms with E-state index in [0.717, 1.165) is 118 Å². The summed E-state index contributed by atoms with van der Waals surface area (Å²) in [5.41, 5.74) is 3.16. The van der Waals surface area contributed by atoms with Crippen LogP contribution < -0.4 is 10.6 Å². The quantitative estimate of drug-likeness (QED) is 0.0479. The molecule has 69 heavy (non-hydrogen) atoms. The Balaban J connectivity index is 0.798. The highest BCUT2D eigenvalue weighted by atomic mass is 19.4. The molecule has 2 aromatic heterocycles. The summed E-state index contributed by atoms with van der Waals surface area (Å²) in [6.45, 7) is 11.2. The van der Waals surface area contributed by atoms with Crippen molar-refractivity contribution in [3.63, 3.8) is 0 Å². The number of alkyl halides is 6. The van der Waals surface area contributed by atoms with Crippen LogP contribution >= 0.6 is 0 Å². The number of hydrogen-bond acceptors (Lipinski definition) is 8. The average Bonchev–Trinajstić information content (AvgIpc) is 3.88. The number of hydrogen-bond donors (Lipinski definition) is 2. The molecule has 2 amide bonds. The summed E-state index contributed by atoms with van der Waals surface area (Å²) < 4.78 is 89.7. The van der Waals surface area contributed by atoms with Crippen molar-refractivity contribution in [3.05, 3.63) is 119 Å². The first-order valence-electron chi connectivity index (χ1n) is 24.0. The van der Waals surface area contributed by atoms with Gasteiger partial charge in [-0.1, -0.05) is 61.7 Å². The number of nitrogens with zero attached hydrogens (tertiary/aromatic N) is 6. The fourth-order valence-corrected chi connectivity index (χ4v) is 9.88. The summed E-state index contributed by atoms with van der Waals surface area (Å²) in [5.74, 6) is -0.357. The summed E-state index contributed by atoms with van der Waals surface area (Å²) in [4.78, 5) is 41.4. The zero-order chi connectivity index (χ0) is 48.7. The van der Waals surface area contributed by atoms with Gasteiger partial charge in [-0.2, -0.15) is 31.3 Å². The van der Waals surface area contributed by atoms with Crippen LogP contribution in [0.25, 0.3) is 22.2 Å². The zero-order valence-electron chi connectivity index (χ0n) is 39.0. The van der Waals surface area contributed by atoms with E-state index in [2.05, 4.69) is 73.1 Å². The summed E-state index contributed by atoms with van der Waals surface area (Å²) in [6.07, 6.45) is 4.41. The van der Waals surface area contributed by atoms with Crippen molar-refractivity contribution in [3.8, 4) is 11.1 Å². The first-order valence-corrected chi connectivity index (χ1v) is 24.0. The summed E-state index contributed by atoms with van der Waals surface area (Å²) in [5, 5.41) is 6.06. The lowest BCUT2D eigenvalue weighted by atomic mass is 9.95. The van der Waals surface area contributed by atoms with Crippen molar-refractivity contribution in [1.29, 1.82) is 0 Å². The second-order valence-electron chi connectivity index (χ2n) is 18.4. The molecule has 2 fully saturated rings. The number of aryl methyl sites for hydroxylation is 1. The molecule has 1 unspecified atom stereocenters. The maximum Gasteiger partial charge on any atom is 0.416 e. The molecule has 368 valence electrons. The van der Waals surface area contributed by atoms with Crippen molar-refractivity contribution in [2.45, 2.75) is 102 Å². The van der Waals surface area contributed by atoms with E-state index in [1.54, 1.807) is 24.2 Å². The van der Waals surface area contributed by atoms with Gasteiger partial charge < -0.3 is 29.7 Å². The molecule has 5 aromatic rings. The highest BCUT2D eigenvalue weighted by Gasteiger charge is 2.38. The third-order valence-corrected chi connectivity index (χ3v) is 13.6. The smallest absolute Gasteiger partial charge is 0.381 e. The molecule has 8 rings (SSSR count). The molecule has 4 heterocycles. The molecule has 11 nitrogen and oxygen atoms in total. The highest BCUT2D eigenvalue weighted by molar-refractivity contribution is 6.01. The minimum Gasteiger partial charge on any atom is -0.381 e. The number of anilines is 2. The van der Waals surface area contributed by atoms with E-state index in [0.29, 0.717) is 55.9 Å². The number of halogens is 6. The van der Waals surface area contributed by atoms with Gasteiger partial charge in [0.15, 0.2) is 0 Å². The van der Waals surface area contributed by atoms with Crippen LogP contribution in [0.3, 0.4) is 0 Å². The molecule has 0 bridgehead atoms. The number of ether oxygens (including phenoxy) is 1. The molecule has 1 saturated carbocycles. The number of aromatic nitrogens is 3. The van der Waals surface area contributed by atoms with Crippen molar-refractivity contribution in [2.75, 3.05) is 58.3 Å². The summed E-state index contributed by atoms with van der Waals surface area (Å²) >= 11 is 0. The van der Waals surface area contributed by atoms with E-state index in [-0.39, 0.29) is 29.9 Å². The molecule has 1 saturated heterocycles. The lowest BCUT2D eigenvalue weighted by molar-refractivity contribution is -0.143. The van der Waals surface area contributed by atoms with E-state index < -0.39 is 35.2 Å². The molecule has 3 aromatic carbocycles. The number of allylic oxidation sites excluding steroid dienone is 1. The Morgan fingerprint density at radius 3 is 2.23 bits per heavy atom. The Morgan fingerprint density at radius 1 is 0.870 bits per heavy atom. The normalized spacial score (nSPS) is 16.8. The van der Waals surface area contributed by atoms with Crippen LogP contribution in [-0.4, -0.2) is 100 Å². The molecule has 1 atom stereocenters. The standard InChI is InChI=1S/C52H60F6N8O3/c1-3-4-13-46(48(67)59-2)66-33-38-27-35(16-19-43(38)49(66)68)10-8-25-69-26-9-20-63-21-23-64(24-22-63)32-36-14-17-37(18-15-36)45-34-65(42-11-6-5-7-12-42)47-44(45)31-60-50(62-47)61-41-29-39(51(53,54)55)28-40(30-41)52(56,57)58/h3,14-19,27-31,34,42,46H,1,4-13,20-26,32-33H2,2H3,(H,59,67)(H,60,61,62). The van der Waals surface area contributed by atoms with Crippen LogP contribution in [-0.2, 0) is 41.4 Å². The molecule has 2 aliphatic heterocycles. The van der Waals surface area contributed by atoms with Gasteiger partial charge in [0.2, 0.25) is 11.9 Å². The molecule has 0 radical (unpaired) electrons. The Morgan fingerprint density at radius 2 is 1.55 bits per heavy atom. The fourth-order valence-electron chi connectivity index (χ4n) is 9.88. The van der Waals surface area contributed by atoms with Gasteiger partial charge in [-0.15, -0.1) is 6.58 Å². The van der Waals surface area contributed by atoms with Crippen LogP contribution in [0.1, 0.15) is 102 Å². The van der Waals surface area contributed by atoms with Crippen molar-refractivity contribution < 1.29 is 40.7 Å². The number of carbonyl (C=O) groups is 2. The number of carbonyl (C=O) groups excluding carboxylic acids is 2. The summed E-state index contributed by atoms with van der Waals surface area (Å²) in [7, 11) is 1.59. The van der Waals surface area contributed by atoms with E-state index in [9.17, 15) is 35.9 Å². The predicted octanol–water partition coefficient (Wildman–Crippen LogP) is 10.6. The maximum atomic E-state index is 13.6. The van der Waals surface area contributed by atoms with Crippen LogP contribution in [0.2, 0.25) is 0 Å². The van der Waals surface area contributed by atoms with Crippen LogP contribution in [0, 0.1) is 0 Å². The van der Waals surface area contributed by atoms with Gasteiger partial charge in [0.25, 0.3) is 5.91 Å². The summed E-state index contributed by atoms with van der Waals surface area (Å²) in [6, 6.07) is 15.4. The Labute approximate surface area is 398 Å². The van der Waals surface area contributed by atoms with Crippen LogP contribution in [0.15, 0.2) is 85.7 Å². The monoisotopic (exact) mass is 958 g/mol. The van der Waals surface area contributed by atoms with Gasteiger partial charge in [0, 0.05) is 107 Å². The maximum absolute atomic E-state index is 13.6. The van der Waals surface area contributed by atoms with E-state index in [4.69, 9.17) is 9.72 Å². The van der Waals surface area contributed by atoms with E-state index in [1.807, 2.05) is 12.1 Å². The average molecular weight is 959 g/mol. The predicted molar refractivity (Wildman–Crippen MR) is 254 cm³/mol. The topological polar surface area (TPSA) is 108 Å². The number of amides is 2. The minimum absolute atomic E-state index is 0.0938. The lowest BCUT2D eigenvalue weighted by Gasteiger charge is -2.34. The van der Waals surface area contributed by atoms with E-state index >= 15 is 0 Å². The molecule has 3 aliphatic rings. The SMILES string of the molecule is C=CCCC(C(=O)NC)N1Cc2cc(CCCOCCCN3CCN(Cc4ccc(-c5cn(C6CCCCC6)c6nc(Nc7cc(C(F)(F)F)cc(C(F)(F)F)c7)ncc56)cc4)CC3)ccc2C1=O. The Kier molecular flexibility index (Phi) is 15.7. The largest absolute Gasteiger partial charge is 0.416 e. The van der Waals surface area contributed by atoms with Gasteiger partial charge in [-0.3, -0.25) is 14.5 Å². The molecule has 2 N–H and O–H groups in total. The fraction of sp³-hybridized carbons (Fsp3) is 0.462. The van der Waals surface area contributed by atoms with Gasteiger partial charge in [-0.05, 0) is 91.5 Å². The van der Waals surface area contributed by atoms with Gasteiger partial charge in [0.1, 0.15) is 11.7 Å². The Hall–Kier alpha value is -5.78. The third kappa shape index (κ3) is 12.2. The highest BCUT2D eigenvalue weighted by Crippen LogP contribution is 2.40. The molecule has 17 heteroatoms. The van der Waals surface area contributed by atoms with E-state index in [1.165, 1.54) is 5.56 Å². The number of likely N-dealkylation sites (N-methyl/N-ethyl adjacent to an activating group) is 1. The second-order valence-corrected chi connectivity index (χ2v) is 18.4. The molecule has 1 aliphatic carbocycles. The Bertz CT molecular complexity index is 2550. The number of benzene rings is 3. The number of nitrogens with one attached hydrogen (secondary N) is 2. The van der Waals surface area contributed by atoms with Gasteiger partial charge in [0.05, 0.1) is 11.1 Å². The van der Waals surface area contributed by atoms with Gasteiger partial charge in [-0.25, -0.2) is 4.98 Å². The van der Waals surface area contributed by atoms with Crippen LogP contribution in [0.5, 0.6) is 0 Å². The number of rotatable bonds is 19. The van der Waals surface area contributed by atoms with Crippen LogP contribution in [0.4, 0.5) is 38.0 Å². The molecular formula is C52H60F6N8O3. The third-order valence-electron chi connectivity index (χ3n) is 13.6. The number of piperazine rings is 1. The van der Waals surface area contributed by atoms with Crippen molar-refractivity contribution in [1.82, 2.24) is 34.6 Å². The van der Waals surface area contributed by atoms with Gasteiger partial charge >= 0.3 is 12.4 Å². The first-order chi connectivity index (χ1) is 33.2. The molecule has 0 spiro atoms. The second kappa shape index (κ2) is 21.9. The minimum atomic E-state index is -4.98. The number of fused-ring (bicyclic) bond motifs is 2. The molecular weight excluding hydrogens is 899 g/mol. The van der Waals surface area contributed by atoms with Crippen molar-refractivity contribution >= 4 is 34.5 Å². The zero-order valence-corrected chi connectivity index (χ0v) is 39.0. The first kappa shape index (κ1) is 49.6.